The van der Waals surface area contributed by atoms with Crippen LogP contribution >= 0.6 is 7.82 Å². The van der Waals surface area contributed by atoms with Gasteiger partial charge in [0.2, 0.25) is 0 Å². The Bertz CT molecular complexity index is 1050. The van der Waals surface area contributed by atoms with Crippen molar-refractivity contribution in [2.45, 2.75) is 161 Å². The molecule has 3 atom stereocenters. The van der Waals surface area contributed by atoms with Crippen LogP contribution in [-0.2, 0) is 32.7 Å². The average molecular weight is 755 g/mol. The van der Waals surface area contributed by atoms with E-state index in [4.69, 9.17) is 19.1 Å². The molecule has 0 radical (unpaired) electrons. The van der Waals surface area contributed by atoms with Gasteiger partial charge in [0.05, 0.1) is 19.8 Å². The molecule has 0 fully saturated rings. The molecule has 0 bridgehead atoms. The number of phosphoric acid groups is 1. The van der Waals surface area contributed by atoms with Gasteiger partial charge in [-0.2, -0.15) is 0 Å². The van der Waals surface area contributed by atoms with Crippen molar-refractivity contribution in [2.75, 3.05) is 26.4 Å². The van der Waals surface area contributed by atoms with Gasteiger partial charge in [-0.05, 0) is 70.6 Å². The number of hydrogen-bond acceptors (Lipinski definition) is 9. The van der Waals surface area contributed by atoms with Crippen molar-refractivity contribution < 1.29 is 47.8 Å². The summed E-state index contributed by atoms with van der Waals surface area (Å²) in [5, 5.41) is 18.3. The van der Waals surface area contributed by atoms with Crippen LogP contribution in [0, 0.1) is 0 Å². The third-order valence-electron chi connectivity index (χ3n) is 7.91. The first-order chi connectivity index (χ1) is 25.2. The van der Waals surface area contributed by atoms with E-state index in [-0.39, 0.29) is 19.4 Å². The van der Waals surface area contributed by atoms with Gasteiger partial charge in [0.25, 0.3) is 0 Å². The minimum Gasteiger partial charge on any atom is -0.462 e. The predicted octanol–water partition coefficient (Wildman–Crippen LogP) is 9.94. The Kier molecular flexibility index (Phi) is 35.3. The molecule has 3 N–H and O–H groups in total. The molecule has 300 valence electrons. The van der Waals surface area contributed by atoms with Crippen molar-refractivity contribution in [3.8, 4) is 0 Å². The molecule has 0 saturated carbocycles. The number of carbonyl (C=O) groups is 2. The van der Waals surface area contributed by atoms with Gasteiger partial charge >= 0.3 is 19.8 Å². The molecule has 0 saturated heterocycles. The first-order valence-electron chi connectivity index (χ1n) is 19.7. The third kappa shape index (κ3) is 36.0. The number of aliphatic hydroxyl groups is 2. The van der Waals surface area contributed by atoms with E-state index in [2.05, 4.69) is 79.1 Å². The van der Waals surface area contributed by atoms with E-state index in [1.54, 1.807) is 0 Å². The maximum Gasteiger partial charge on any atom is 0.472 e. The summed E-state index contributed by atoms with van der Waals surface area (Å²) in [4.78, 5) is 34.9. The second kappa shape index (κ2) is 37.0. The molecule has 0 aromatic rings. The van der Waals surface area contributed by atoms with E-state index in [1.807, 2.05) is 0 Å². The summed E-state index contributed by atoms with van der Waals surface area (Å²) >= 11 is 0. The number of allylic oxidation sites excluding steroid dienone is 10. The first-order valence-corrected chi connectivity index (χ1v) is 21.2. The fourth-order valence-corrected chi connectivity index (χ4v) is 5.64. The van der Waals surface area contributed by atoms with Crippen molar-refractivity contribution in [1.29, 1.82) is 0 Å². The number of ether oxygens (including phenoxy) is 2. The molecule has 0 amide bonds. The van der Waals surface area contributed by atoms with Crippen LogP contribution in [0.5, 0.6) is 0 Å². The molecule has 0 aliphatic carbocycles. The number of phosphoric ester groups is 1. The summed E-state index contributed by atoms with van der Waals surface area (Å²) in [6.07, 6.45) is 39.0. The molecule has 0 heterocycles. The van der Waals surface area contributed by atoms with E-state index in [0.717, 1.165) is 96.3 Å². The Hall–Kier alpha value is -2.33. The van der Waals surface area contributed by atoms with Crippen LogP contribution in [0.25, 0.3) is 0 Å². The highest BCUT2D eigenvalue weighted by Crippen LogP contribution is 2.43. The van der Waals surface area contributed by atoms with Crippen LogP contribution in [0.2, 0.25) is 0 Å². The molecule has 0 spiro atoms. The fraction of sp³-hybridized carbons (Fsp3) is 0.707. The smallest absolute Gasteiger partial charge is 0.462 e. The van der Waals surface area contributed by atoms with Crippen LogP contribution in [0.1, 0.15) is 149 Å². The predicted molar refractivity (Wildman–Crippen MR) is 210 cm³/mol. The third-order valence-corrected chi connectivity index (χ3v) is 8.86. The molecule has 0 rings (SSSR count). The second-order valence-electron chi connectivity index (χ2n) is 12.9. The van der Waals surface area contributed by atoms with E-state index < -0.39 is 51.8 Å². The maximum atomic E-state index is 12.6. The summed E-state index contributed by atoms with van der Waals surface area (Å²) in [6, 6.07) is 0. The quantitative estimate of drug-likeness (QED) is 0.0244. The highest BCUT2D eigenvalue weighted by atomic mass is 31.2. The minimum absolute atomic E-state index is 0.161. The normalized spacial score (nSPS) is 14.6. The number of hydrogen-bond donors (Lipinski definition) is 3. The molecule has 11 heteroatoms. The number of rotatable bonds is 36. The summed E-state index contributed by atoms with van der Waals surface area (Å²) in [5.74, 6) is -0.967. The monoisotopic (exact) mass is 754 g/mol. The zero-order valence-electron chi connectivity index (χ0n) is 32.3. The molecular weight excluding hydrogens is 683 g/mol. The van der Waals surface area contributed by atoms with E-state index in [9.17, 15) is 24.2 Å². The Morgan fingerprint density at radius 2 is 1.06 bits per heavy atom. The number of carbonyl (C=O) groups excluding carboxylic acids is 2. The number of unbranched alkanes of at least 4 members (excludes halogenated alkanes) is 12. The topological polar surface area (TPSA) is 149 Å². The summed E-state index contributed by atoms with van der Waals surface area (Å²) in [7, 11) is -4.62. The standard InChI is InChI=1S/C41H71O10P/c1-3-5-7-9-11-13-15-17-19-21-22-24-26-28-30-32-40(44)48-36-39(37-50-52(46,47)49-35-38(43)34-42)51-41(45)33-31-29-27-25-23-20-18-16-14-12-10-8-6-4-2/h5,7,10-13,16-19,38-39,42-43H,3-4,6,8-9,14-15,20-37H2,1-2H3,(H,46,47)/b7-5+,12-10+,13-11+,18-16+,19-17+/t38-,39+/m0/s1. The van der Waals surface area contributed by atoms with E-state index in [0.29, 0.717) is 12.8 Å². The molecule has 0 aromatic carbocycles. The average Bonchev–Trinajstić information content (AvgIpc) is 3.13. The van der Waals surface area contributed by atoms with Gasteiger partial charge in [-0.15, -0.1) is 0 Å². The van der Waals surface area contributed by atoms with Gasteiger partial charge in [-0.3, -0.25) is 18.6 Å². The second-order valence-corrected chi connectivity index (χ2v) is 14.4. The van der Waals surface area contributed by atoms with Crippen LogP contribution in [-0.4, -0.2) is 65.7 Å². The minimum atomic E-state index is -4.62. The van der Waals surface area contributed by atoms with Crippen molar-refractivity contribution in [3.63, 3.8) is 0 Å². The highest BCUT2D eigenvalue weighted by molar-refractivity contribution is 7.47. The lowest BCUT2D eigenvalue weighted by Gasteiger charge is -2.20. The molecule has 0 aliphatic heterocycles. The fourth-order valence-electron chi connectivity index (χ4n) is 4.85. The zero-order chi connectivity index (χ0) is 38.4. The molecule has 1 unspecified atom stereocenters. The van der Waals surface area contributed by atoms with Gasteiger partial charge in [0.15, 0.2) is 6.10 Å². The summed E-state index contributed by atoms with van der Waals surface area (Å²) in [5.41, 5.74) is 0. The number of esters is 2. The van der Waals surface area contributed by atoms with Gasteiger partial charge < -0.3 is 24.6 Å². The lowest BCUT2D eigenvalue weighted by atomic mass is 10.1. The first kappa shape index (κ1) is 49.7. The van der Waals surface area contributed by atoms with Gasteiger partial charge in [-0.1, -0.05) is 126 Å². The van der Waals surface area contributed by atoms with Crippen molar-refractivity contribution >= 4 is 19.8 Å². The molecule has 52 heavy (non-hydrogen) atoms. The molecular formula is C41H71O10P. The molecule has 10 nitrogen and oxygen atoms in total. The largest absolute Gasteiger partial charge is 0.472 e. The van der Waals surface area contributed by atoms with Gasteiger partial charge in [-0.25, -0.2) is 4.57 Å². The van der Waals surface area contributed by atoms with Crippen LogP contribution in [0.4, 0.5) is 0 Å². The van der Waals surface area contributed by atoms with Crippen molar-refractivity contribution in [3.05, 3.63) is 60.8 Å². The summed E-state index contributed by atoms with van der Waals surface area (Å²) < 4.78 is 32.6. The zero-order valence-corrected chi connectivity index (χ0v) is 33.1. The van der Waals surface area contributed by atoms with E-state index in [1.165, 1.54) is 12.8 Å². The highest BCUT2D eigenvalue weighted by Gasteiger charge is 2.27. The van der Waals surface area contributed by atoms with E-state index >= 15 is 0 Å². The Labute approximate surface area is 315 Å². The lowest BCUT2D eigenvalue weighted by Crippen LogP contribution is -2.29. The van der Waals surface area contributed by atoms with Crippen molar-refractivity contribution in [2.24, 2.45) is 0 Å². The van der Waals surface area contributed by atoms with Crippen LogP contribution in [0.3, 0.4) is 0 Å². The maximum absolute atomic E-state index is 12.6. The SMILES string of the molecule is CC/C=C/C/C=C/C/C=C/CCCCCCCC(=O)OC[C@H](COP(=O)(O)OC[C@@H](O)CO)OC(=O)CCCCCCC/C=C/C/C=C/CCCC. The van der Waals surface area contributed by atoms with Crippen LogP contribution < -0.4 is 0 Å². The Balaban J connectivity index is 4.41. The Morgan fingerprint density at radius 3 is 1.60 bits per heavy atom. The lowest BCUT2D eigenvalue weighted by molar-refractivity contribution is -0.161. The van der Waals surface area contributed by atoms with Crippen molar-refractivity contribution in [1.82, 2.24) is 0 Å². The number of aliphatic hydroxyl groups excluding tert-OH is 2. The molecule has 0 aliphatic rings. The van der Waals surface area contributed by atoms with Crippen LogP contribution in [0.15, 0.2) is 60.8 Å². The van der Waals surface area contributed by atoms with Gasteiger partial charge in [0.1, 0.15) is 12.7 Å². The molecule has 0 aromatic heterocycles. The Morgan fingerprint density at radius 1 is 0.596 bits per heavy atom. The summed E-state index contributed by atoms with van der Waals surface area (Å²) in [6.45, 7) is 2.16. The van der Waals surface area contributed by atoms with Gasteiger partial charge in [0, 0.05) is 12.8 Å².